The number of aromatic amines is 1. The van der Waals surface area contributed by atoms with Crippen molar-refractivity contribution in [2.45, 2.75) is 33.1 Å². The molecule has 0 unspecified atom stereocenters. The van der Waals surface area contributed by atoms with Crippen molar-refractivity contribution in [2.24, 2.45) is 7.05 Å². The van der Waals surface area contributed by atoms with Crippen LogP contribution in [0.4, 0.5) is 5.69 Å². The van der Waals surface area contributed by atoms with Crippen LogP contribution in [0.15, 0.2) is 12.1 Å². The van der Waals surface area contributed by atoms with Crippen LogP contribution in [0.1, 0.15) is 53.1 Å². The average molecular weight is 318 g/mol. The number of hydrogen-bond donors (Lipinski definition) is 2. The van der Waals surface area contributed by atoms with Crippen LogP contribution in [0.3, 0.4) is 0 Å². The summed E-state index contributed by atoms with van der Waals surface area (Å²) in [5, 5.41) is 7.12. The quantitative estimate of drug-likeness (QED) is 0.850. The largest absolute Gasteiger partial charge is 0.464 e. The van der Waals surface area contributed by atoms with E-state index in [-0.39, 0.29) is 17.0 Å². The van der Waals surface area contributed by atoms with Crippen molar-refractivity contribution in [1.82, 2.24) is 14.8 Å². The van der Waals surface area contributed by atoms with E-state index < -0.39 is 5.97 Å². The zero-order chi connectivity index (χ0) is 17.4. The van der Waals surface area contributed by atoms with E-state index in [0.717, 1.165) is 11.4 Å². The first-order chi connectivity index (χ1) is 10.6. The zero-order valence-corrected chi connectivity index (χ0v) is 14.3. The summed E-state index contributed by atoms with van der Waals surface area (Å²) in [5.74, 6) is -0.867. The molecule has 2 rings (SSSR count). The summed E-state index contributed by atoms with van der Waals surface area (Å²) in [6, 6.07) is 3.44. The van der Waals surface area contributed by atoms with Gasteiger partial charge < -0.3 is 15.0 Å². The monoisotopic (exact) mass is 318 g/mol. The van der Waals surface area contributed by atoms with Crippen LogP contribution in [-0.2, 0) is 17.2 Å². The molecule has 0 spiro atoms. The van der Waals surface area contributed by atoms with E-state index in [1.54, 1.807) is 26.1 Å². The molecule has 1 amide bonds. The lowest BCUT2D eigenvalue weighted by Crippen LogP contribution is -2.17. The number of aryl methyl sites for hydroxylation is 2. The van der Waals surface area contributed by atoms with Gasteiger partial charge in [-0.1, -0.05) is 20.8 Å². The first-order valence-corrected chi connectivity index (χ1v) is 7.27. The van der Waals surface area contributed by atoms with Crippen molar-refractivity contribution in [1.29, 1.82) is 0 Å². The number of aromatic nitrogens is 3. The molecular formula is C16H22N4O3. The normalized spacial score (nSPS) is 11.4. The average Bonchev–Trinajstić information content (AvgIpc) is 3.00. The Labute approximate surface area is 135 Å². The van der Waals surface area contributed by atoms with E-state index in [4.69, 9.17) is 4.74 Å². The topological polar surface area (TPSA) is 89.0 Å². The molecule has 0 aromatic carbocycles. The molecule has 0 fully saturated rings. The van der Waals surface area contributed by atoms with Crippen molar-refractivity contribution >= 4 is 17.6 Å². The van der Waals surface area contributed by atoms with Crippen LogP contribution in [0.5, 0.6) is 0 Å². The van der Waals surface area contributed by atoms with Gasteiger partial charge in [0.2, 0.25) is 0 Å². The van der Waals surface area contributed by atoms with Gasteiger partial charge in [-0.15, -0.1) is 0 Å². The highest BCUT2D eigenvalue weighted by atomic mass is 16.5. The van der Waals surface area contributed by atoms with E-state index in [2.05, 4.69) is 15.4 Å². The summed E-state index contributed by atoms with van der Waals surface area (Å²) in [6.45, 7) is 7.88. The fraction of sp³-hybridized carbons (Fsp3) is 0.438. The number of carbonyl (C=O) groups is 2. The highest BCUT2D eigenvalue weighted by Crippen LogP contribution is 2.23. The Kier molecular flexibility index (Phi) is 4.31. The molecule has 2 heterocycles. The summed E-state index contributed by atoms with van der Waals surface area (Å²) >= 11 is 0. The summed E-state index contributed by atoms with van der Waals surface area (Å²) < 4.78 is 6.25. The Morgan fingerprint density at radius 3 is 2.48 bits per heavy atom. The van der Waals surface area contributed by atoms with E-state index in [1.807, 2.05) is 20.8 Å². The maximum Gasteiger partial charge on any atom is 0.356 e. The molecule has 0 saturated heterocycles. The second-order valence-corrected chi connectivity index (χ2v) is 6.48. The summed E-state index contributed by atoms with van der Waals surface area (Å²) in [6.07, 6.45) is 0. The number of methoxy groups -OCH3 is 1. The van der Waals surface area contributed by atoms with E-state index in [0.29, 0.717) is 11.4 Å². The molecule has 0 saturated carbocycles. The van der Waals surface area contributed by atoms with Gasteiger partial charge in [-0.2, -0.15) is 5.10 Å². The number of esters is 1. The fourth-order valence-electron chi connectivity index (χ4n) is 2.18. The lowest BCUT2D eigenvalue weighted by molar-refractivity contribution is 0.0596. The second-order valence-electron chi connectivity index (χ2n) is 6.48. The van der Waals surface area contributed by atoms with Gasteiger partial charge in [0, 0.05) is 18.2 Å². The molecule has 0 aliphatic rings. The van der Waals surface area contributed by atoms with Crippen molar-refractivity contribution in [3.05, 3.63) is 34.9 Å². The number of nitrogens with one attached hydrogen (secondary N) is 2. The van der Waals surface area contributed by atoms with Gasteiger partial charge in [-0.05, 0) is 19.1 Å². The second kappa shape index (κ2) is 5.91. The molecule has 0 aliphatic carbocycles. The zero-order valence-electron chi connectivity index (χ0n) is 14.3. The Balaban J connectivity index is 2.30. The molecule has 2 aromatic rings. The van der Waals surface area contributed by atoms with Gasteiger partial charge >= 0.3 is 5.97 Å². The maximum absolute atomic E-state index is 12.5. The molecule has 23 heavy (non-hydrogen) atoms. The molecular weight excluding hydrogens is 296 g/mol. The van der Waals surface area contributed by atoms with Gasteiger partial charge in [0.25, 0.3) is 5.91 Å². The molecule has 0 bridgehead atoms. The van der Waals surface area contributed by atoms with Crippen LogP contribution >= 0.6 is 0 Å². The smallest absolute Gasteiger partial charge is 0.356 e. The van der Waals surface area contributed by atoms with E-state index in [9.17, 15) is 9.59 Å². The van der Waals surface area contributed by atoms with Crippen LogP contribution in [0, 0.1) is 6.92 Å². The predicted molar refractivity (Wildman–Crippen MR) is 86.7 cm³/mol. The molecule has 0 atom stereocenters. The highest BCUT2D eigenvalue weighted by molar-refractivity contribution is 6.06. The van der Waals surface area contributed by atoms with Crippen LogP contribution in [0.25, 0.3) is 0 Å². The number of hydrogen-bond acceptors (Lipinski definition) is 4. The number of carbonyl (C=O) groups excluding carboxylic acids is 2. The molecule has 0 radical (unpaired) electrons. The molecule has 2 N–H and O–H groups in total. The Morgan fingerprint density at radius 1 is 1.30 bits per heavy atom. The van der Waals surface area contributed by atoms with Gasteiger partial charge in [0.05, 0.1) is 18.5 Å². The lowest BCUT2D eigenvalue weighted by Gasteiger charge is -2.13. The number of nitrogens with zero attached hydrogens (tertiary/aromatic N) is 2. The van der Waals surface area contributed by atoms with Gasteiger partial charge in [-0.25, -0.2) is 4.79 Å². The number of rotatable bonds is 3. The Morgan fingerprint density at radius 2 is 1.96 bits per heavy atom. The minimum atomic E-state index is -0.534. The van der Waals surface area contributed by atoms with E-state index in [1.165, 1.54) is 11.8 Å². The minimum Gasteiger partial charge on any atom is -0.464 e. The Hall–Kier alpha value is -2.57. The van der Waals surface area contributed by atoms with Crippen molar-refractivity contribution in [3.8, 4) is 0 Å². The number of ether oxygens (including phenoxy) is 1. The highest BCUT2D eigenvalue weighted by Gasteiger charge is 2.23. The fourth-order valence-corrected chi connectivity index (χ4v) is 2.18. The minimum absolute atomic E-state index is 0.155. The number of H-pyrrole nitrogens is 1. The molecule has 7 heteroatoms. The molecule has 2 aromatic heterocycles. The van der Waals surface area contributed by atoms with Crippen LogP contribution in [0.2, 0.25) is 0 Å². The summed E-state index contributed by atoms with van der Waals surface area (Å²) in [7, 11) is 3.01. The van der Waals surface area contributed by atoms with Gasteiger partial charge in [-0.3, -0.25) is 9.48 Å². The summed E-state index contributed by atoms with van der Waals surface area (Å²) in [4.78, 5) is 27.1. The van der Waals surface area contributed by atoms with Crippen LogP contribution < -0.4 is 5.32 Å². The van der Waals surface area contributed by atoms with Crippen molar-refractivity contribution < 1.29 is 14.3 Å². The third-order valence-electron chi connectivity index (χ3n) is 3.47. The maximum atomic E-state index is 12.5. The SMILES string of the molecule is COC(=O)c1[nH]c(C)cc1NC(=O)c1cc(C(C)(C)C)nn1C. The van der Waals surface area contributed by atoms with Gasteiger partial charge in [0.15, 0.2) is 0 Å². The van der Waals surface area contributed by atoms with E-state index >= 15 is 0 Å². The molecule has 124 valence electrons. The standard InChI is InChI=1S/C16H22N4O3/c1-9-7-10(13(17-9)15(22)23-6)18-14(21)11-8-12(16(2,3)4)19-20(11)5/h7-8,17H,1-6H3,(H,18,21). The predicted octanol–water partition coefficient (Wildman–Crippen LogP) is 2.39. The van der Waals surface area contributed by atoms with Gasteiger partial charge in [0.1, 0.15) is 11.4 Å². The molecule has 7 nitrogen and oxygen atoms in total. The van der Waals surface area contributed by atoms with Crippen molar-refractivity contribution in [2.75, 3.05) is 12.4 Å². The third-order valence-corrected chi connectivity index (χ3v) is 3.47. The van der Waals surface area contributed by atoms with Crippen LogP contribution in [-0.4, -0.2) is 33.8 Å². The lowest BCUT2D eigenvalue weighted by atomic mass is 9.92. The first-order valence-electron chi connectivity index (χ1n) is 7.27. The number of anilines is 1. The van der Waals surface area contributed by atoms with Crippen molar-refractivity contribution in [3.63, 3.8) is 0 Å². The Bertz CT molecular complexity index is 750. The molecule has 0 aliphatic heterocycles. The summed E-state index contributed by atoms with van der Waals surface area (Å²) in [5.41, 5.74) is 2.45. The number of amides is 1. The first kappa shape index (κ1) is 16.8. The third kappa shape index (κ3) is 3.44.